The van der Waals surface area contributed by atoms with Crippen LogP contribution in [0.1, 0.15) is 56.4 Å². The molecule has 12 heteroatoms. The summed E-state index contributed by atoms with van der Waals surface area (Å²) in [6, 6.07) is 34.6. The predicted octanol–water partition coefficient (Wildman–Crippen LogP) is 8.47. The summed E-state index contributed by atoms with van der Waals surface area (Å²) in [5.74, 6) is -0.852. The topological polar surface area (TPSA) is 136 Å². The number of para-hydroxylation sites is 2. The molecule has 0 atom stereocenters. The molecule has 0 saturated carbocycles. The number of ether oxygens (including phenoxy) is 2. The number of aliphatic carboxylic acids is 2. The highest BCUT2D eigenvalue weighted by Crippen LogP contribution is 2.32. The lowest BCUT2D eigenvalue weighted by molar-refractivity contribution is -0.685. The van der Waals surface area contributed by atoms with Crippen molar-refractivity contribution in [2.45, 2.75) is 47.2 Å². The first-order valence-corrected chi connectivity index (χ1v) is 21.7. The molecule has 0 fully saturated rings. The van der Waals surface area contributed by atoms with Crippen LogP contribution in [0.2, 0.25) is 0 Å². The summed E-state index contributed by atoms with van der Waals surface area (Å²) in [7, 11) is 0. The highest BCUT2D eigenvalue weighted by Gasteiger charge is 2.19. The standard InChI is InChI=1S/C52H55N5O7/c1-5-55(6-2)43-23-21-40(20-19-38-27-30-57(37-51(60)61)47-18-13-12-17-45(38)47)48(34-43)63-31-14-32-64-49-35-44(56(7-3)8-4)24-22-41(49)33-46(52(62)53-42-15-10-9-11-16-42)39-25-28-54(29-26-39)36-50(58)59/h9-13,15-30,33-35H,5-8,14,31-32,36-37H2,1-4H3,(H-2,53,58,59,60,61,62)/p+2. The number of hydrogen-bond donors (Lipinski definition) is 3. The number of carbonyl (C=O) groups excluding carboxylic acids is 1. The van der Waals surface area contributed by atoms with Gasteiger partial charge in [-0.05, 0) is 87.4 Å². The lowest BCUT2D eigenvalue weighted by atomic mass is 10.0. The van der Waals surface area contributed by atoms with Crippen LogP contribution in [-0.4, -0.2) is 67.5 Å². The van der Waals surface area contributed by atoms with E-state index in [1.165, 1.54) is 4.57 Å². The maximum atomic E-state index is 14.0. The number of hydrogen-bond acceptors (Lipinski definition) is 7. The van der Waals surface area contributed by atoms with Crippen molar-refractivity contribution in [3.05, 3.63) is 150 Å². The van der Waals surface area contributed by atoms with E-state index < -0.39 is 11.9 Å². The van der Waals surface area contributed by atoms with E-state index in [0.717, 1.165) is 65.3 Å². The van der Waals surface area contributed by atoms with Crippen molar-refractivity contribution in [3.63, 3.8) is 0 Å². The average molecular weight is 864 g/mol. The first-order valence-electron chi connectivity index (χ1n) is 21.7. The number of amides is 1. The number of aromatic nitrogens is 2. The molecule has 0 radical (unpaired) electrons. The fourth-order valence-electron chi connectivity index (χ4n) is 7.52. The number of nitrogens with zero attached hydrogens (tertiary/aromatic N) is 4. The molecule has 330 valence electrons. The molecule has 64 heavy (non-hydrogen) atoms. The van der Waals surface area contributed by atoms with E-state index in [9.17, 15) is 24.6 Å². The largest absolute Gasteiger partial charge is 0.493 e. The highest BCUT2D eigenvalue weighted by molar-refractivity contribution is 6.29. The Hall–Kier alpha value is -7.47. The maximum Gasteiger partial charge on any atom is 0.370 e. The van der Waals surface area contributed by atoms with Gasteiger partial charge in [0.15, 0.2) is 18.6 Å². The molecule has 2 aromatic heterocycles. The molecular weight excluding hydrogens is 807 g/mol. The summed E-state index contributed by atoms with van der Waals surface area (Å²) < 4.78 is 16.3. The van der Waals surface area contributed by atoms with Gasteiger partial charge in [0.25, 0.3) is 5.91 Å². The van der Waals surface area contributed by atoms with Crippen LogP contribution in [0.4, 0.5) is 17.1 Å². The quantitative estimate of drug-likeness (QED) is 0.0349. The Morgan fingerprint density at radius 1 is 0.625 bits per heavy atom. The first-order chi connectivity index (χ1) is 31.1. The van der Waals surface area contributed by atoms with Crippen LogP contribution in [0.3, 0.4) is 0 Å². The molecular formula is C52H57N5O7+2. The number of carboxylic acids is 2. The fraction of sp³-hybridized carbons (Fsp3) is 0.250. The van der Waals surface area contributed by atoms with Gasteiger partial charge in [0.05, 0.1) is 18.6 Å². The third-order valence-corrected chi connectivity index (χ3v) is 10.9. The summed E-state index contributed by atoms with van der Waals surface area (Å²) in [4.78, 5) is 41.4. The van der Waals surface area contributed by atoms with E-state index in [-0.39, 0.29) is 19.0 Å². The van der Waals surface area contributed by atoms with Gasteiger partial charge >= 0.3 is 11.9 Å². The zero-order valence-electron chi connectivity index (χ0n) is 36.9. The van der Waals surface area contributed by atoms with E-state index in [1.807, 2.05) is 97.1 Å². The molecule has 0 unspecified atom stereocenters. The number of nitrogens with one attached hydrogen (secondary N) is 1. The van der Waals surface area contributed by atoms with E-state index in [1.54, 1.807) is 35.3 Å². The number of anilines is 3. The Balaban J connectivity index is 1.26. The molecule has 4 aromatic carbocycles. The predicted molar refractivity (Wildman–Crippen MR) is 254 cm³/mol. The van der Waals surface area contributed by atoms with E-state index in [4.69, 9.17) is 9.47 Å². The van der Waals surface area contributed by atoms with E-state index in [2.05, 4.69) is 61.0 Å². The number of fused-ring (bicyclic) bond motifs is 1. The Morgan fingerprint density at radius 2 is 1.19 bits per heavy atom. The summed E-state index contributed by atoms with van der Waals surface area (Å²) in [6.45, 7) is 12.1. The molecule has 0 bridgehead atoms. The van der Waals surface area contributed by atoms with Crippen LogP contribution in [0.15, 0.2) is 128 Å². The van der Waals surface area contributed by atoms with Crippen LogP contribution < -0.4 is 33.7 Å². The third-order valence-electron chi connectivity index (χ3n) is 10.9. The summed E-state index contributed by atoms with van der Waals surface area (Å²) in [6.07, 6.45) is 11.5. The van der Waals surface area contributed by atoms with Gasteiger partial charge in [0, 0.05) is 103 Å². The van der Waals surface area contributed by atoms with Crippen molar-refractivity contribution >= 4 is 69.6 Å². The SMILES string of the molecule is CCN(CC)c1ccc(C=Cc2cc[n+](CC(=O)O)c3ccccc23)c(OCCCOc2cc(N(CC)CC)ccc2C=C(C(=O)Nc2ccccc2)c2cc[n+](CC(=O)O)cc2)c1. The summed E-state index contributed by atoms with van der Waals surface area (Å²) in [5.41, 5.74) is 7.08. The lowest BCUT2D eigenvalue weighted by Crippen LogP contribution is -2.38. The Labute approximate surface area is 374 Å². The molecule has 6 aromatic rings. The highest BCUT2D eigenvalue weighted by atomic mass is 16.5. The van der Waals surface area contributed by atoms with Crippen LogP contribution in [-0.2, 0) is 27.5 Å². The minimum atomic E-state index is -0.965. The smallest absolute Gasteiger partial charge is 0.370 e. The van der Waals surface area contributed by atoms with Crippen molar-refractivity contribution in [1.82, 2.24) is 0 Å². The van der Waals surface area contributed by atoms with Gasteiger partial charge in [0.2, 0.25) is 18.6 Å². The monoisotopic (exact) mass is 863 g/mol. The van der Waals surface area contributed by atoms with Crippen LogP contribution >= 0.6 is 0 Å². The zero-order chi connectivity index (χ0) is 45.4. The Kier molecular flexibility index (Phi) is 16.2. The Bertz CT molecular complexity index is 2600. The minimum absolute atomic E-state index is 0.128. The van der Waals surface area contributed by atoms with Gasteiger partial charge in [-0.2, -0.15) is 9.13 Å². The second-order valence-electron chi connectivity index (χ2n) is 15.0. The minimum Gasteiger partial charge on any atom is -0.493 e. The van der Waals surface area contributed by atoms with Crippen LogP contribution in [0.5, 0.6) is 11.5 Å². The molecule has 0 aliphatic rings. The molecule has 0 aliphatic carbocycles. The molecule has 6 rings (SSSR count). The van der Waals surface area contributed by atoms with Gasteiger partial charge in [-0.1, -0.05) is 42.5 Å². The molecule has 1 amide bonds. The summed E-state index contributed by atoms with van der Waals surface area (Å²) >= 11 is 0. The first kappa shape index (κ1) is 46.0. The van der Waals surface area contributed by atoms with Crippen molar-refractivity contribution < 1.29 is 43.2 Å². The fourth-order valence-corrected chi connectivity index (χ4v) is 7.52. The molecule has 0 saturated heterocycles. The number of benzene rings is 4. The second-order valence-corrected chi connectivity index (χ2v) is 15.0. The summed E-state index contributed by atoms with van der Waals surface area (Å²) in [5, 5.41) is 22.7. The second kappa shape index (κ2) is 22.6. The van der Waals surface area contributed by atoms with Crippen LogP contribution in [0, 0.1) is 0 Å². The average Bonchev–Trinajstić information content (AvgIpc) is 3.30. The Morgan fingerprint density at radius 3 is 1.80 bits per heavy atom. The maximum absolute atomic E-state index is 14.0. The number of carbonyl (C=O) groups is 3. The number of rotatable bonds is 22. The normalized spacial score (nSPS) is 11.4. The number of pyridine rings is 2. The molecule has 3 N–H and O–H groups in total. The van der Waals surface area contributed by atoms with Crippen molar-refractivity contribution in [1.29, 1.82) is 0 Å². The van der Waals surface area contributed by atoms with Gasteiger partial charge in [-0.15, -0.1) is 0 Å². The van der Waals surface area contributed by atoms with Gasteiger partial charge in [0.1, 0.15) is 11.5 Å². The molecule has 0 spiro atoms. The lowest BCUT2D eigenvalue weighted by Gasteiger charge is -2.23. The van der Waals surface area contributed by atoms with E-state index in [0.29, 0.717) is 47.8 Å². The van der Waals surface area contributed by atoms with E-state index >= 15 is 0 Å². The third kappa shape index (κ3) is 12.1. The number of carboxylic acid groups (broad SMARTS) is 2. The van der Waals surface area contributed by atoms with Gasteiger partial charge in [-0.3, -0.25) is 4.79 Å². The van der Waals surface area contributed by atoms with Crippen molar-refractivity contribution in [2.75, 3.05) is 54.5 Å². The molecule has 12 nitrogen and oxygen atoms in total. The molecule has 2 heterocycles. The van der Waals surface area contributed by atoms with Gasteiger partial charge < -0.3 is 34.8 Å². The van der Waals surface area contributed by atoms with Crippen molar-refractivity contribution in [3.8, 4) is 11.5 Å². The van der Waals surface area contributed by atoms with Gasteiger partial charge in [-0.25, -0.2) is 9.59 Å². The zero-order valence-corrected chi connectivity index (χ0v) is 36.9. The molecule has 0 aliphatic heterocycles. The van der Waals surface area contributed by atoms with Crippen molar-refractivity contribution in [2.24, 2.45) is 0 Å². The van der Waals surface area contributed by atoms with Crippen LogP contribution in [0.25, 0.3) is 34.7 Å².